The molecule has 0 saturated heterocycles. The van der Waals surface area contributed by atoms with Crippen molar-refractivity contribution in [2.24, 2.45) is 0 Å². The molecule has 5 nitrogen and oxygen atoms in total. The van der Waals surface area contributed by atoms with Gasteiger partial charge < -0.3 is 4.89 Å². The lowest BCUT2D eigenvalue weighted by Gasteiger charge is -2.13. The van der Waals surface area contributed by atoms with Gasteiger partial charge in [-0.1, -0.05) is 65.2 Å². The van der Waals surface area contributed by atoms with E-state index in [0.29, 0.717) is 11.1 Å². The third-order valence-corrected chi connectivity index (χ3v) is 4.74. The van der Waals surface area contributed by atoms with Crippen LogP contribution in [0.2, 0.25) is 0 Å². The van der Waals surface area contributed by atoms with Crippen molar-refractivity contribution < 1.29 is 18.9 Å². The molecule has 0 fully saturated rings. The van der Waals surface area contributed by atoms with Gasteiger partial charge in [0.15, 0.2) is 0 Å². The normalized spacial score (nSPS) is 15.1. The van der Waals surface area contributed by atoms with Gasteiger partial charge in [-0.25, -0.2) is 5.32 Å². The highest BCUT2D eigenvalue weighted by Crippen LogP contribution is 2.41. The van der Waals surface area contributed by atoms with Crippen molar-refractivity contribution in [3.8, 4) is 0 Å². The van der Waals surface area contributed by atoms with Crippen molar-refractivity contribution in [3.63, 3.8) is 0 Å². The molecule has 2 unspecified atom stereocenters. The van der Waals surface area contributed by atoms with E-state index in [2.05, 4.69) is 5.32 Å². The van der Waals surface area contributed by atoms with Crippen molar-refractivity contribution in [1.82, 2.24) is 5.32 Å². The first kappa shape index (κ1) is 15.9. The lowest BCUT2D eigenvalue weighted by Crippen LogP contribution is -2.24. The Hall–Kier alpha value is -1.48. The number of benzene rings is 2. The van der Waals surface area contributed by atoms with Gasteiger partial charge in [-0.3, -0.25) is 0 Å². The summed E-state index contributed by atoms with van der Waals surface area (Å²) < 4.78 is 23.1. The maximum Gasteiger partial charge on any atom is 0.529 e. The Balaban J connectivity index is 2.30. The molecule has 0 aliphatic carbocycles. The van der Waals surface area contributed by atoms with Crippen LogP contribution < -0.4 is 10.2 Å². The first-order valence-electron chi connectivity index (χ1n) is 6.24. The Morgan fingerprint density at radius 2 is 1.29 bits per heavy atom. The molecule has 0 aliphatic rings. The summed E-state index contributed by atoms with van der Waals surface area (Å²) in [7, 11) is -5.45. The van der Waals surface area contributed by atoms with Crippen molar-refractivity contribution in [2.45, 2.75) is 11.6 Å². The minimum Gasteiger partial charge on any atom is -0.594 e. The zero-order chi connectivity index (χ0) is 15.2. The van der Waals surface area contributed by atoms with Gasteiger partial charge in [0, 0.05) is 11.1 Å². The van der Waals surface area contributed by atoms with Crippen LogP contribution >= 0.6 is 16.1 Å². The molecule has 2 N–H and O–H groups in total. The van der Waals surface area contributed by atoms with Crippen LogP contribution in [0.1, 0.15) is 22.7 Å². The number of rotatable bonds is 6. The fourth-order valence-corrected chi connectivity index (χ4v) is 3.49. The molecule has 0 bridgehead atoms. The summed E-state index contributed by atoms with van der Waals surface area (Å²) in [5.41, 5.74) is 1.10. The van der Waals surface area contributed by atoms with E-state index in [0.717, 1.165) is 0 Å². The van der Waals surface area contributed by atoms with Crippen LogP contribution in [0.15, 0.2) is 60.7 Å². The topological polar surface area (TPSA) is 89.5 Å². The van der Waals surface area contributed by atoms with Gasteiger partial charge in [0.25, 0.3) is 5.78 Å². The third kappa shape index (κ3) is 4.24. The predicted octanol–water partition coefficient (Wildman–Crippen LogP) is 2.81. The first-order chi connectivity index (χ1) is 10.1. The van der Waals surface area contributed by atoms with Gasteiger partial charge in [0.05, 0.1) is 0 Å². The molecule has 0 aromatic heterocycles. The number of hydrogen-bond donors (Lipinski definition) is 2. The summed E-state index contributed by atoms with van der Waals surface area (Å²) in [5, 5.41) is 2.76. The molecule has 2 aromatic rings. The molecule has 4 atom stereocenters. The molecule has 7 heteroatoms. The van der Waals surface area contributed by atoms with Crippen LogP contribution in [0.5, 0.6) is 0 Å². The Morgan fingerprint density at radius 3 is 1.67 bits per heavy atom. The molecule has 2 rings (SSSR count). The fraction of sp³-hybridized carbons (Fsp3) is 0.143. The zero-order valence-corrected chi connectivity index (χ0v) is 12.8. The van der Waals surface area contributed by atoms with Crippen LogP contribution in [0.3, 0.4) is 0 Å². The second-order valence-corrected chi connectivity index (χ2v) is 6.59. The minimum absolute atomic E-state index is 0.534. The van der Waals surface area contributed by atoms with E-state index in [9.17, 15) is 18.9 Å². The van der Waals surface area contributed by atoms with Gasteiger partial charge >= 0.3 is 16.1 Å². The summed E-state index contributed by atoms with van der Waals surface area (Å²) in [6.45, 7) is 0. The van der Waals surface area contributed by atoms with Crippen molar-refractivity contribution >= 4 is 16.1 Å². The van der Waals surface area contributed by atoms with E-state index in [-0.39, 0.29) is 0 Å². The van der Waals surface area contributed by atoms with E-state index in [4.69, 9.17) is 0 Å². The van der Waals surface area contributed by atoms with Crippen molar-refractivity contribution in [1.29, 1.82) is 0 Å². The van der Waals surface area contributed by atoms with E-state index >= 15 is 0 Å². The van der Waals surface area contributed by atoms with Crippen LogP contribution in [-0.2, 0) is 9.13 Å². The molecule has 21 heavy (non-hydrogen) atoms. The van der Waals surface area contributed by atoms with E-state index in [1.54, 1.807) is 60.7 Å². The maximum atomic E-state index is 11.6. The van der Waals surface area contributed by atoms with Gasteiger partial charge in [0.2, 0.25) is 5.78 Å². The van der Waals surface area contributed by atoms with Gasteiger partial charge in [-0.15, -0.1) is 0 Å². The Bertz CT molecular complexity index is 566. The SMILES string of the molecule is O=[P+]([O-])[C@H](N[C@H](c1ccccc1)[P+](=O)O)c1ccccc1. The van der Waals surface area contributed by atoms with Crippen LogP contribution in [0, 0.1) is 0 Å². The fourth-order valence-electron chi connectivity index (χ4n) is 1.99. The van der Waals surface area contributed by atoms with Crippen molar-refractivity contribution in [2.75, 3.05) is 0 Å². The number of hydrogen-bond acceptors (Lipinski definition) is 4. The largest absolute Gasteiger partial charge is 0.594 e. The molecule has 0 saturated carbocycles. The summed E-state index contributed by atoms with van der Waals surface area (Å²) in [6.07, 6.45) is 0. The average molecular weight is 322 g/mol. The molecule has 0 radical (unpaired) electrons. The molecular weight excluding hydrogens is 308 g/mol. The maximum absolute atomic E-state index is 11.6. The van der Waals surface area contributed by atoms with Crippen LogP contribution in [-0.4, -0.2) is 4.89 Å². The predicted molar refractivity (Wildman–Crippen MR) is 78.9 cm³/mol. The third-order valence-electron chi connectivity index (χ3n) is 2.98. The summed E-state index contributed by atoms with van der Waals surface area (Å²) in [5.74, 6) is -1.96. The molecule has 2 aromatic carbocycles. The molecule has 0 spiro atoms. The minimum atomic E-state index is -2.84. The molecular formula is C14H14NO4P2+. The van der Waals surface area contributed by atoms with Gasteiger partial charge in [0.1, 0.15) is 0 Å². The van der Waals surface area contributed by atoms with Crippen molar-refractivity contribution in [3.05, 3.63) is 71.8 Å². The molecule has 0 aliphatic heterocycles. The highest BCUT2D eigenvalue weighted by molar-refractivity contribution is 7.39. The quantitative estimate of drug-likeness (QED) is 0.798. The molecule has 108 valence electrons. The molecule has 0 amide bonds. The second kappa shape index (κ2) is 7.51. The van der Waals surface area contributed by atoms with E-state index in [1.807, 2.05) is 0 Å². The van der Waals surface area contributed by atoms with Gasteiger partial charge in [-0.05, 0) is 4.57 Å². The smallest absolute Gasteiger partial charge is 0.529 e. The van der Waals surface area contributed by atoms with Gasteiger partial charge in [-0.2, -0.15) is 4.89 Å². The van der Waals surface area contributed by atoms with E-state index < -0.39 is 27.6 Å². The lowest BCUT2D eigenvalue weighted by molar-refractivity contribution is -0.167. The average Bonchev–Trinajstić information content (AvgIpc) is 2.49. The Morgan fingerprint density at radius 1 is 0.857 bits per heavy atom. The zero-order valence-electron chi connectivity index (χ0n) is 11.0. The molecule has 0 heterocycles. The summed E-state index contributed by atoms with van der Waals surface area (Å²) in [4.78, 5) is 21.0. The Kier molecular flexibility index (Phi) is 5.68. The summed E-state index contributed by atoms with van der Waals surface area (Å²) >= 11 is 0. The monoisotopic (exact) mass is 322 g/mol. The Labute approximate surface area is 124 Å². The lowest BCUT2D eigenvalue weighted by atomic mass is 10.2. The highest BCUT2D eigenvalue weighted by atomic mass is 31.1. The second-order valence-electron chi connectivity index (χ2n) is 4.38. The highest BCUT2D eigenvalue weighted by Gasteiger charge is 2.37. The van der Waals surface area contributed by atoms with Crippen LogP contribution in [0.25, 0.3) is 0 Å². The summed E-state index contributed by atoms with van der Waals surface area (Å²) in [6, 6.07) is 17.2. The first-order valence-corrected chi connectivity index (χ1v) is 8.77. The van der Waals surface area contributed by atoms with E-state index in [1.165, 1.54) is 0 Å². The standard InChI is InChI=1S/C14H13NO4P2/c16-20(17)13(11-7-3-1-4-8-11)15-14(21(18)19)12-9-5-2-6-10-12/h1-10,13-15H/p+1/t13-,14-/m0/s1. The van der Waals surface area contributed by atoms with Crippen LogP contribution in [0.4, 0.5) is 0 Å². The number of nitrogens with one attached hydrogen (secondary N) is 1.